The van der Waals surface area contributed by atoms with Crippen LogP contribution in [-0.4, -0.2) is 14.8 Å². The zero-order chi connectivity index (χ0) is 9.26. The fourth-order valence-electron chi connectivity index (χ4n) is 1.66. The Morgan fingerprint density at radius 2 is 2.46 bits per heavy atom. The van der Waals surface area contributed by atoms with Crippen molar-refractivity contribution in [1.82, 2.24) is 14.8 Å². The topological polar surface area (TPSA) is 30.7 Å². The van der Waals surface area contributed by atoms with Crippen molar-refractivity contribution in [3.8, 4) is 0 Å². The molecule has 3 nitrogen and oxygen atoms in total. The van der Waals surface area contributed by atoms with E-state index in [2.05, 4.69) is 21.7 Å². The zero-order valence-corrected chi connectivity index (χ0v) is 8.54. The standard InChI is InChI=1S/C9H14ClN3/c1-7(8-2-3-8)5-13-6-11-12-9(13)4-10/h6-8H,2-5H2,1H3. The smallest absolute Gasteiger partial charge is 0.147 e. The summed E-state index contributed by atoms with van der Waals surface area (Å²) in [5.74, 6) is 3.00. The summed E-state index contributed by atoms with van der Waals surface area (Å²) in [6, 6.07) is 0. The Balaban J connectivity index is 1.99. The van der Waals surface area contributed by atoms with Crippen LogP contribution in [0, 0.1) is 11.8 Å². The van der Waals surface area contributed by atoms with Crippen LogP contribution >= 0.6 is 11.6 Å². The molecule has 1 aliphatic carbocycles. The van der Waals surface area contributed by atoms with Gasteiger partial charge in [-0.25, -0.2) is 0 Å². The van der Waals surface area contributed by atoms with E-state index in [0.29, 0.717) is 5.88 Å². The summed E-state index contributed by atoms with van der Waals surface area (Å²) in [5.41, 5.74) is 0. The Bertz CT molecular complexity index is 280. The number of hydrogen-bond acceptors (Lipinski definition) is 2. The minimum absolute atomic E-state index is 0.456. The second-order valence-corrected chi connectivity index (χ2v) is 4.12. The Labute approximate surface area is 83.1 Å². The van der Waals surface area contributed by atoms with Crippen molar-refractivity contribution in [1.29, 1.82) is 0 Å². The maximum atomic E-state index is 5.73. The summed E-state index contributed by atoms with van der Waals surface area (Å²) in [4.78, 5) is 0. The van der Waals surface area contributed by atoms with Crippen LogP contribution < -0.4 is 0 Å². The first-order valence-corrected chi connectivity index (χ1v) is 5.27. The van der Waals surface area contributed by atoms with Crippen molar-refractivity contribution in [3.05, 3.63) is 12.2 Å². The van der Waals surface area contributed by atoms with Crippen molar-refractivity contribution in [2.75, 3.05) is 0 Å². The molecule has 1 aromatic rings. The van der Waals surface area contributed by atoms with Crippen LogP contribution in [0.25, 0.3) is 0 Å². The van der Waals surface area contributed by atoms with E-state index in [1.54, 1.807) is 6.33 Å². The lowest BCUT2D eigenvalue weighted by Gasteiger charge is -2.11. The van der Waals surface area contributed by atoms with Gasteiger partial charge in [-0.1, -0.05) is 6.92 Å². The molecule has 0 amide bonds. The molecule has 0 bridgehead atoms. The molecule has 0 saturated heterocycles. The normalized spacial score (nSPS) is 18.9. The lowest BCUT2D eigenvalue weighted by Crippen LogP contribution is -2.10. The monoisotopic (exact) mass is 199 g/mol. The molecule has 72 valence electrons. The first-order valence-electron chi connectivity index (χ1n) is 4.74. The maximum absolute atomic E-state index is 5.73. The molecular formula is C9H14ClN3. The molecule has 0 aromatic carbocycles. The fraction of sp³-hybridized carbons (Fsp3) is 0.778. The van der Waals surface area contributed by atoms with Gasteiger partial charge in [0, 0.05) is 6.54 Å². The Morgan fingerprint density at radius 3 is 3.08 bits per heavy atom. The highest BCUT2D eigenvalue weighted by Crippen LogP contribution is 2.37. The number of alkyl halides is 1. The molecule has 0 spiro atoms. The summed E-state index contributed by atoms with van der Waals surface area (Å²) < 4.78 is 2.07. The molecule has 4 heteroatoms. The number of hydrogen-bond donors (Lipinski definition) is 0. The third-order valence-corrected chi connectivity index (χ3v) is 2.97. The first-order chi connectivity index (χ1) is 6.31. The van der Waals surface area contributed by atoms with Crippen LogP contribution in [0.1, 0.15) is 25.6 Å². The van der Waals surface area contributed by atoms with Gasteiger partial charge in [0.25, 0.3) is 0 Å². The molecule has 1 atom stereocenters. The van der Waals surface area contributed by atoms with Gasteiger partial charge in [-0.05, 0) is 24.7 Å². The number of halogens is 1. The van der Waals surface area contributed by atoms with Gasteiger partial charge in [0.05, 0.1) is 5.88 Å². The average Bonchev–Trinajstić information content (AvgIpc) is 2.88. The third-order valence-electron chi connectivity index (χ3n) is 2.73. The number of aromatic nitrogens is 3. The zero-order valence-electron chi connectivity index (χ0n) is 7.78. The van der Waals surface area contributed by atoms with Gasteiger partial charge in [-0.3, -0.25) is 0 Å². The van der Waals surface area contributed by atoms with E-state index in [9.17, 15) is 0 Å². The van der Waals surface area contributed by atoms with Crippen LogP contribution in [-0.2, 0) is 12.4 Å². The molecule has 1 aromatic heterocycles. The molecule has 0 radical (unpaired) electrons. The van der Waals surface area contributed by atoms with E-state index in [-0.39, 0.29) is 0 Å². The van der Waals surface area contributed by atoms with Gasteiger partial charge in [-0.2, -0.15) is 0 Å². The Morgan fingerprint density at radius 1 is 1.69 bits per heavy atom. The highest BCUT2D eigenvalue weighted by atomic mass is 35.5. The molecule has 1 saturated carbocycles. The molecule has 13 heavy (non-hydrogen) atoms. The summed E-state index contributed by atoms with van der Waals surface area (Å²) in [5, 5.41) is 7.80. The minimum Gasteiger partial charge on any atom is -0.316 e. The quantitative estimate of drug-likeness (QED) is 0.696. The van der Waals surface area contributed by atoms with Gasteiger partial charge in [0.15, 0.2) is 0 Å². The van der Waals surface area contributed by atoms with Gasteiger partial charge in [0.2, 0.25) is 0 Å². The molecule has 1 unspecified atom stereocenters. The summed E-state index contributed by atoms with van der Waals surface area (Å²) in [7, 11) is 0. The van der Waals surface area contributed by atoms with Crippen LogP contribution in [0.15, 0.2) is 6.33 Å². The number of nitrogens with zero attached hydrogens (tertiary/aromatic N) is 3. The molecule has 1 aliphatic rings. The molecular weight excluding hydrogens is 186 g/mol. The van der Waals surface area contributed by atoms with Crippen molar-refractivity contribution in [2.24, 2.45) is 11.8 Å². The van der Waals surface area contributed by atoms with Gasteiger partial charge < -0.3 is 4.57 Å². The lowest BCUT2D eigenvalue weighted by molar-refractivity contribution is 0.424. The second kappa shape index (κ2) is 3.66. The van der Waals surface area contributed by atoms with Gasteiger partial charge in [-0.15, -0.1) is 21.8 Å². The van der Waals surface area contributed by atoms with E-state index in [0.717, 1.165) is 24.2 Å². The van der Waals surface area contributed by atoms with E-state index in [1.165, 1.54) is 12.8 Å². The summed E-state index contributed by atoms with van der Waals surface area (Å²) in [6.45, 7) is 3.30. The van der Waals surface area contributed by atoms with E-state index in [4.69, 9.17) is 11.6 Å². The molecule has 1 heterocycles. The fourth-order valence-corrected chi connectivity index (χ4v) is 1.87. The van der Waals surface area contributed by atoms with E-state index in [1.807, 2.05) is 0 Å². The van der Waals surface area contributed by atoms with Crippen LogP contribution in [0.2, 0.25) is 0 Å². The largest absolute Gasteiger partial charge is 0.316 e. The first kappa shape index (κ1) is 9.00. The van der Waals surface area contributed by atoms with Crippen molar-refractivity contribution in [2.45, 2.75) is 32.2 Å². The second-order valence-electron chi connectivity index (χ2n) is 3.85. The van der Waals surface area contributed by atoms with Gasteiger partial charge >= 0.3 is 0 Å². The highest BCUT2D eigenvalue weighted by molar-refractivity contribution is 6.16. The SMILES string of the molecule is CC(Cn1cnnc1CCl)C1CC1. The lowest BCUT2D eigenvalue weighted by atomic mass is 10.1. The molecule has 0 aliphatic heterocycles. The van der Waals surface area contributed by atoms with Crippen LogP contribution in [0.4, 0.5) is 0 Å². The van der Waals surface area contributed by atoms with Crippen LogP contribution in [0.3, 0.4) is 0 Å². The number of rotatable bonds is 4. The predicted octanol–water partition coefficient (Wildman–Crippen LogP) is 2.06. The van der Waals surface area contributed by atoms with Gasteiger partial charge in [0.1, 0.15) is 12.2 Å². The van der Waals surface area contributed by atoms with Crippen molar-refractivity contribution < 1.29 is 0 Å². The third kappa shape index (κ3) is 2.02. The van der Waals surface area contributed by atoms with E-state index >= 15 is 0 Å². The Hall–Kier alpha value is -0.570. The predicted molar refractivity (Wildman–Crippen MR) is 51.5 cm³/mol. The summed E-state index contributed by atoms with van der Waals surface area (Å²) >= 11 is 5.73. The average molecular weight is 200 g/mol. The highest BCUT2D eigenvalue weighted by Gasteiger charge is 2.28. The molecule has 2 rings (SSSR count). The van der Waals surface area contributed by atoms with Crippen LogP contribution in [0.5, 0.6) is 0 Å². The maximum Gasteiger partial charge on any atom is 0.147 e. The Kier molecular flexibility index (Phi) is 2.54. The minimum atomic E-state index is 0.456. The van der Waals surface area contributed by atoms with Crippen molar-refractivity contribution in [3.63, 3.8) is 0 Å². The van der Waals surface area contributed by atoms with E-state index < -0.39 is 0 Å². The van der Waals surface area contributed by atoms with Crippen molar-refractivity contribution >= 4 is 11.6 Å². The molecule has 0 N–H and O–H groups in total. The summed E-state index contributed by atoms with van der Waals surface area (Å²) in [6.07, 6.45) is 4.55. The molecule has 1 fully saturated rings.